The van der Waals surface area contributed by atoms with E-state index in [1.54, 1.807) is 4.90 Å². The highest BCUT2D eigenvalue weighted by molar-refractivity contribution is 5.83. The number of aromatic nitrogens is 2. The van der Waals surface area contributed by atoms with Crippen molar-refractivity contribution in [1.82, 2.24) is 19.8 Å². The van der Waals surface area contributed by atoms with Gasteiger partial charge >= 0.3 is 0 Å². The highest BCUT2D eigenvalue weighted by Crippen LogP contribution is 2.30. The van der Waals surface area contributed by atoms with E-state index in [4.69, 9.17) is 4.98 Å². The second-order valence-corrected chi connectivity index (χ2v) is 7.22. The van der Waals surface area contributed by atoms with E-state index in [0.717, 1.165) is 49.1 Å². The molecule has 1 unspecified atom stereocenters. The summed E-state index contributed by atoms with van der Waals surface area (Å²) in [5.74, 6) is 1.03. The Bertz CT molecular complexity index is 794. The number of imidazole rings is 1. The van der Waals surface area contributed by atoms with E-state index in [2.05, 4.69) is 12.2 Å². The van der Waals surface area contributed by atoms with E-state index in [1.165, 1.54) is 0 Å². The summed E-state index contributed by atoms with van der Waals surface area (Å²) in [6, 6.07) is 7.57. The van der Waals surface area contributed by atoms with Gasteiger partial charge in [0, 0.05) is 19.5 Å². The Hall–Kier alpha value is -2.37. The Morgan fingerprint density at radius 3 is 2.77 bits per heavy atom. The van der Waals surface area contributed by atoms with Gasteiger partial charge in [0.05, 0.1) is 17.1 Å². The molecule has 1 atom stereocenters. The van der Waals surface area contributed by atoms with Gasteiger partial charge in [-0.15, -0.1) is 0 Å². The number of fused-ring (bicyclic) bond motifs is 1. The number of likely N-dealkylation sites (N-methyl/N-ethyl adjacent to an activating group) is 1. The lowest BCUT2D eigenvalue weighted by atomic mass is 10.2. The summed E-state index contributed by atoms with van der Waals surface area (Å²) in [5.41, 5.74) is 1.77. The van der Waals surface area contributed by atoms with Gasteiger partial charge in [-0.1, -0.05) is 25.5 Å². The third-order valence-electron chi connectivity index (χ3n) is 4.94. The molecule has 1 saturated carbocycles. The van der Waals surface area contributed by atoms with Gasteiger partial charge in [-0.25, -0.2) is 4.98 Å². The van der Waals surface area contributed by atoms with E-state index in [1.807, 2.05) is 42.8 Å². The number of carbonyl (C=O) groups is 2. The van der Waals surface area contributed by atoms with Gasteiger partial charge in [-0.3, -0.25) is 9.59 Å². The van der Waals surface area contributed by atoms with Crippen LogP contribution in [0.5, 0.6) is 0 Å². The molecule has 1 aliphatic rings. The molecule has 1 heterocycles. The molecule has 3 rings (SSSR count). The van der Waals surface area contributed by atoms with Crippen molar-refractivity contribution in [1.29, 1.82) is 0 Å². The summed E-state index contributed by atoms with van der Waals surface area (Å²) < 4.78 is 1.94. The van der Waals surface area contributed by atoms with Gasteiger partial charge in [0.2, 0.25) is 11.8 Å². The Morgan fingerprint density at radius 1 is 1.35 bits per heavy atom. The topological polar surface area (TPSA) is 67.2 Å². The third kappa shape index (κ3) is 4.06. The van der Waals surface area contributed by atoms with Crippen molar-refractivity contribution < 1.29 is 9.59 Å². The smallest absolute Gasteiger partial charge is 0.242 e. The SMILES string of the molecule is CCCCN(C)C(=O)Cn1c(C(C)NC(=O)C2CC2)nc2ccccc21. The number of benzene rings is 1. The van der Waals surface area contributed by atoms with Gasteiger partial charge in [-0.2, -0.15) is 0 Å². The largest absolute Gasteiger partial charge is 0.346 e. The van der Waals surface area contributed by atoms with Crippen LogP contribution in [0.2, 0.25) is 0 Å². The van der Waals surface area contributed by atoms with Gasteiger partial charge in [0.25, 0.3) is 0 Å². The predicted molar refractivity (Wildman–Crippen MR) is 102 cm³/mol. The Morgan fingerprint density at radius 2 is 2.08 bits per heavy atom. The highest BCUT2D eigenvalue weighted by atomic mass is 16.2. The van der Waals surface area contributed by atoms with Crippen LogP contribution in [-0.2, 0) is 16.1 Å². The van der Waals surface area contributed by atoms with Crippen LogP contribution in [0, 0.1) is 5.92 Å². The van der Waals surface area contributed by atoms with E-state index in [-0.39, 0.29) is 30.3 Å². The van der Waals surface area contributed by atoms with Crippen molar-refractivity contribution in [3.63, 3.8) is 0 Å². The van der Waals surface area contributed by atoms with Crippen LogP contribution >= 0.6 is 0 Å². The second kappa shape index (κ2) is 7.89. The van der Waals surface area contributed by atoms with Crippen LogP contribution in [0.25, 0.3) is 11.0 Å². The molecule has 26 heavy (non-hydrogen) atoms. The Balaban J connectivity index is 1.84. The maximum atomic E-state index is 12.7. The molecule has 140 valence electrons. The molecule has 6 heteroatoms. The molecule has 1 fully saturated rings. The summed E-state index contributed by atoms with van der Waals surface area (Å²) >= 11 is 0. The molecule has 1 N–H and O–H groups in total. The Labute approximate surface area is 154 Å². The number of para-hydroxylation sites is 2. The van der Waals surface area contributed by atoms with Crippen LogP contribution in [0.1, 0.15) is 51.4 Å². The zero-order valence-corrected chi connectivity index (χ0v) is 15.9. The van der Waals surface area contributed by atoms with Crippen LogP contribution in [0.4, 0.5) is 0 Å². The van der Waals surface area contributed by atoms with E-state index in [9.17, 15) is 9.59 Å². The number of nitrogens with one attached hydrogen (secondary N) is 1. The fourth-order valence-electron chi connectivity index (χ4n) is 3.11. The molecule has 0 saturated heterocycles. The zero-order chi connectivity index (χ0) is 18.7. The molecule has 0 spiro atoms. The number of hydrogen-bond donors (Lipinski definition) is 1. The van der Waals surface area contributed by atoms with E-state index in [0.29, 0.717) is 0 Å². The summed E-state index contributed by atoms with van der Waals surface area (Å²) in [6.45, 7) is 5.04. The lowest BCUT2D eigenvalue weighted by Crippen LogP contribution is -2.33. The van der Waals surface area contributed by atoms with Crippen LogP contribution in [-0.4, -0.2) is 39.9 Å². The molecule has 0 radical (unpaired) electrons. The average molecular weight is 356 g/mol. The maximum absolute atomic E-state index is 12.7. The van der Waals surface area contributed by atoms with Crippen molar-refractivity contribution in [2.45, 2.75) is 52.1 Å². The molecule has 2 amide bonds. The Kier molecular flexibility index (Phi) is 5.59. The summed E-state index contributed by atoms with van der Waals surface area (Å²) in [7, 11) is 1.84. The van der Waals surface area contributed by atoms with Gasteiger partial charge < -0.3 is 14.8 Å². The van der Waals surface area contributed by atoms with Crippen molar-refractivity contribution >= 4 is 22.8 Å². The molecule has 6 nitrogen and oxygen atoms in total. The monoisotopic (exact) mass is 356 g/mol. The van der Waals surface area contributed by atoms with Crippen molar-refractivity contribution in [2.24, 2.45) is 5.92 Å². The van der Waals surface area contributed by atoms with Crippen LogP contribution in [0.3, 0.4) is 0 Å². The first-order valence-electron chi connectivity index (χ1n) is 9.50. The standard InChI is InChI=1S/C20H28N4O2/c1-4-5-12-23(3)18(25)13-24-17-9-7-6-8-16(17)22-19(24)14(2)21-20(26)15-10-11-15/h6-9,14-15H,4-5,10-13H2,1-3H3,(H,21,26). The number of rotatable bonds is 8. The summed E-state index contributed by atoms with van der Waals surface area (Å²) in [5, 5.41) is 3.05. The summed E-state index contributed by atoms with van der Waals surface area (Å²) in [6.07, 6.45) is 3.99. The molecule has 1 aromatic carbocycles. The minimum Gasteiger partial charge on any atom is -0.346 e. The highest BCUT2D eigenvalue weighted by Gasteiger charge is 2.31. The number of hydrogen-bond acceptors (Lipinski definition) is 3. The maximum Gasteiger partial charge on any atom is 0.242 e. The van der Waals surface area contributed by atoms with Gasteiger partial charge in [0.15, 0.2) is 0 Å². The number of nitrogens with zero attached hydrogens (tertiary/aromatic N) is 3. The van der Waals surface area contributed by atoms with E-state index < -0.39 is 0 Å². The molecular weight excluding hydrogens is 328 g/mol. The minimum absolute atomic E-state index is 0.0589. The molecule has 0 bridgehead atoms. The fraction of sp³-hybridized carbons (Fsp3) is 0.550. The third-order valence-corrected chi connectivity index (χ3v) is 4.94. The van der Waals surface area contributed by atoms with Crippen LogP contribution < -0.4 is 5.32 Å². The predicted octanol–water partition coefficient (Wildman–Crippen LogP) is 2.88. The van der Waals surface area contributed by atoms with Gasteiger partial charge in [0.1, 0.15) is 12.4 Å². The average Bonchev–Trinajstić information content (AvgIpc) is 3.42. The van der Waals surface area contributed by atoms with Crippen LogP contribution in [0.15, 0.2) is 24.3 Å². The molecular formula is C20H28N4O2. The molecule has 0 aliphatic heterocycles. The molecule has 1 aliphatic carbocycles. The second-order valence-electron chi connectivity index (χ2n) is 7.22. The van der Waals surface area contributed by atoms with Crippen molar-refractivity contribution in [3.8, 4) is 0 Å². The minimum atomic E-state index is -0.232. The van der Waals surface area contributed by atoms with E-state index >= 15 is 0 Å². The van der Waals surface area contributed by atoms with Crippen molar-refractivity contribution in [3.05, 3.63) is 30.1 Å². The number of unbranched alkanes of at least 4 members (excludes halogenated alkanes) is 1. The first-order valence-corrected chi connectivity index (χ1v) is 9.50. The first-order chi connectivity index (χ1) is 12.5. The zero-order valence-electron chi connectivity index (χ0n) is 15.9. The number of carbonyl (C=O) groups excluding carboxylic acids is 2. The summed E-state index contributed by atoms with van der Waals surface area (Å²) in [4.78, 5) is 31.3. The normalized spacial score (nSPS) is 15.0. The molecule has 1 aromatic heterocycles. The van der Waals surface area contributed by atoms with Crippen molar-refractivity contribution in [2.75, 3.05) is 13.6 Å². The van der Waals surface area contributed by atoms with Gasteiger partial charge in [-0.05, 0) is 38.3 Å². The lowest BCUT2D eigenvalue weighted by Gasteiger charge is -2.20. The fourth-order valence-corrected chi connectivity index (χ4v) is 3.11. The quantitative estimate of drug-likeness (QED) is 0.791. The number of amides is 2. The molecule has 2 aromatic rings. The first kappa shape index (κ1) is 18.4. The lowest BCUT2D eigenvalue weighted by molar-refractivity contribution is -0.130.